The summed E-state index contributed by atoms with van der Waals surface area (Å²) in [6.45, 7) is 2.51. The molecule has 0 saturated carbocycles. The Hall–Kier alpha value is -2.28. The SMILES string of the molecule is Cc1csc([C@@H](C#N)C(=O)CSc2nnc(NCc3ccccc3)s2)n1. The zero-order valence-corrected chi connectivity index (χ0v) is 16.3. The van der Waals surface area contributed by atoms with Crippen LogP contribution in [0.1, 0.15) is 22.2 Å². The van der Waals surface area contributed by atoms with Gasteiger partial charge in [-0.2, -0.15) is 5.26 Å². The van der Waals surface area contributed by atoms with Gasteiger partial charge in [0.25, 0.3) is 0 Å². The van der Waals surface area contributed by atoms with Crippen molar-refractivity contribution in [2.45, 2.75) is 23.7 Å². The summed E-state index contributed by atoms with van der Waals surface area (Å²) in [5.41, 5.74) is 1.98. The molecule has 0 spiro atoms. The zero-order chi connectivity index (χ0) is 18.4. The van der Waals surface area contributed by atoms with Crippen LogP contribution in [0.4, 0.5) is 5.13 Å². The molecule has 0 aliphatic carbocycles. The number of carbonyl (C=O) groups excluding carboxylic acids is 1. The number of ketones is 1. The molecular weight excluding hydrogens is 386 g/mol. The van der Waals surface area contributed by atoms with Gasteiger partial charge in [-0.15, -0.1) is 21.5 Å². The van der Waals surface area contributed by atoms with Crippen molar-refractivity contribution >= 4 is 45.4 Å². The van der Waals surface area contributed by atoms with Crippen LogP contribution in [0.5, 0.6) is 0 Å². The van der Waals surface area contributed by atoms with Gasteiger partial charge in [0.2, 0.25) is 5.13 Å². The summed E-state index contributed by atoms with van der Waals surface area (Å²) < 4.78 is 0.695. The summed E-state index contributed by atoms with van der Waals surface area (Å²) in [4.78, 5) is 16.6. The van der Waals surface area contributed by atoms with E-state index in [2.05, 4.69) is 26.6 Å². The lowest BCUT2D eigenvalue weighted by molar-refractivity contribution is -0.116. The number of hydrogen-bond acceptors (Lipinski definition) is 9. The first-order chi connectivity index (χ1) is 12.7. The van der Waals surface area contributed by atoms with Gasteiger partial charge in [-0.25, -0.2) is 4.98 Å². The molecule has 3 aromatic rings. The fourth-order valence-corrected chi connectivity index (χ4v) is 4.61. The first-order valence-corrected chi connectivity index (χ1v) is 10.4. The zero-order valence-electron chi connectivity index (χ0n) is 13.9. The number of nitriles is 1. The van der Waals surface area contributed by atoms with Crippen molar-refractivity contribution < 1.29 is 4.79 Å². The van der Waals surface area contributed by atoms with Crippen molar-refractivity contribution in [3.63, 3.8) is 0 Å². The number of benzene rings is 1. The molecule has 132 valence electrons. The van der Waals surface area contributed by atoms with Crippen LogP contribution in [0.3, 0.4) is 0 Å². The molecule has 9 heteroatoms. The monoisotopic (exact) mass is 401 g/mol. The summed E-state index contributed by atoms with van der Waals surface area (Å²) >= 11 is 4.03. The normalized spacial score (nSPS) is 11.7. The Balaban J connectivity index is 1.52. The van der Waals surface area contributed by atoms with Crippen LogP contribution in [-0.2, 0) is 11.3 Å². The maximum atomic E-state index is 12.3. The highest BCUT2D eigenvalue weighted by molar-refractivity contribution is 8.01. The molecule has 1 aromatic carbocycles. The van der Waals surface area contributed by atoms with E-state index in [-0.39, 0.29) is 11.5 Å². The minimum Gasteiger partial charge on any atom is -0.356 e. The largest absolute Gasteiger partial charge is 0.356 e. The van der Waals surface area contributed by atoms with Gasteiger partial charge >= 0.3 is 0 Å². The maximum absolute atomic E-state index is 12.3. The summed E-state index contributed by atoms with van der Waals surface area (Å²) in [6.07, 6.45) is 0. The predicted octanol–water partition coefficient (Wildman–Crippen LogP) is 3.88. The van der Waals surface area contributed by atoms with E-state index in [1.807, 2.05) is 42.6 Å². The fourth-order valence-electron chi connectivity index (χ4n) is 2.10. The summed E-state index contributed by atoms with van der Waals surface area (Å²) in [5, 5.41) is 23.8. The minimum absolute atomic E-state index is 0.166. The number of aromatic nitrogens is 3. The molecule has 6 nitrogen and oxygen atoms in total. The number of aryl methyl sites for hydroxylation is 1. The number of thioether (sulfide) groups is 1. The van der Waals surface area contributed by atoms with E-state index in [4.69, 9.17) is 0 Å². The third-order valence-corrected chi connectivity index (χ3v) is 6.43. The number of nitrogens with zero attached hydrogens (tertiary/aromatic N) is 4. The molecule has 0 bridgehead atoms. The van der Waals surface area contributed by atoms with E-state index in [0.717, 1.165) is 11.3 Å². The molecule has 0 radical (unpaired) electrons. The number of rotatable bonds is 8. The second-order valence-corrected chi connectivity index (χ2v) is 8.45. The molecule has 1 N–H and O–H groups in total. The van der Waals surface area contributed by atoms with E-state index >= 15 is 0 Å². The Bertz CT molecular complexity index is 916. The quantitative estimate of drug-likeness (QED) is 0.573. The second kappa shape index (κ2) is 8.89. The van der Waals surface area contributed by atoms with Crippen LogP contribution in [0, 0.1) is 18.3 Å². The highest BCUT2D eigenvalue weighted by Crippen LogP contribution is 2.28. The van der Waals surface area contributed by atoms with Crippen LogP contribution in [0.15, 0.2) is 40.1 Å². The van der Waals surface area contributed by atoms with Crippen LogP contribution in [0.25, 0.3) is 0 Å². The molecular formula is C17H15N5OS3. The van der Waals surface area contributed by atoms with Crippen molar-refractivity contribution in [2.75, 3.05) is 11.1 Å². The maximum Gasteiger partial charge on any atom is 0.206 e. The summed E-state index contributed by atoms with van der Waals surface area (Å²) in [5.74, 6) is -0.810. The number of nitrogens with one attached hydrogen (secondary N) is 1. The van der Waals surface area contributed by atoms with Crippen molar-refractivity contribution in [2.24, 2.45) is 0 Å². The molecule has 26 heavy (non-hydrogen) atoms. The average Bonchev–Trinajstić information content (AvgIpc) is 3.29. The fraction of sp³-hybridized carbons (Fsp3) is 0.235. The van der Waals surface area contributed by atoms with E-state index in [0.29, 0.717) is 21.0 Å². The van der Waals surface area contributed by atoms with Crippen LogP contribution in [-0.4, -0.2) is 26.7 Å². The first-order valence-electron chi connectivity index (χ1n) is 7.74. The smallest absolute Gasteiger partial charge is 0.206 e. The molecule has 2 aromatic heterocycles. The Morgan fingerprint density at radius 2 is 2.15 bits per heavy atom. The number of anilines is 1. The third-order valence-electron chi connectivity index (χ3n) is 3.37. The summed E-state index contributed by atoms with van der Waals surface area (Å²) in [6, 6.07) is 12.1. The summed E-state index contributed by atoms with van der Waals surface area (Å²) in [7, 11) is 0. The first kappa shape index (κ1) is 18.5. The standard InChI is InChI=1S/C17H15N5OS3/c1-11-9-24-15(20-11)13(7-18)14(23)10-25-17-22-21-16(26-17)19-8-12-5-3-2-4-6-12/h2-6,9,13H,8,10H2,1H3,(H,19,21)/t13-/m0/s1. The number of Topliss-reactive ketones (excluding diaryl/α,β-unsaturated/α-hetero) is 1. The number of hydrogen-bond donors (Lipinski definition) is 1. The molecule has 3 rings (SSSR count). The third kappa shape index (κ3) is 4.88. The van der Waals surface area contributed by atoms with E-state index in [9.17, 15) is 10.1 Å². The van der Waals surface area contributed by atoms with Crippen LogP contribution in [0.2, 0.25) is 0 Å². The Kier molecular flexibility index (Phi) is 6.33. The molecule has 1 atom stereocenters. The highest BCUT2D eigenvalue weighted by Gasteiger charge is 2.23. The molecule has 0 saturated heterocycles. The van der Waals surface area contributed by atoms with Gasteiger partial charge in [-0.05, 0) is 12.5 Å². The Morgan fingerprint density at radius 3 is 2.85 bits per heavy atom. The molecule has 2 heterocycles. The number of carbonyl (C=O) groups is 1. The molecule has 0 aliphatic heterocycles. The number of thiazole rings is 1. The molecule has 0 amide bonds. The van der Waals surface area contributed by atoms with Gasteiger partial charge in [-0.3, -0.25) is 4.79 Å². The Morgan fingerprint density at radius 1 is 1.35 bits per heavy atom. The minimum atomic E-state index is -0.815. The predicted molar refractivity (Wildman–Crippen MR) is 105 cm³/mol. The molecule has 0 fully saturated rings. The van der Waals surface area contributed by atoms with Crippen LogP contribution < -0.4 is 5.32 Å². The van der Waals surface area contributed by atoms with Gasteiger partial charge in [0.15, 0.2) is 16.0 Å². The van der Waals surface area contributed by atoms with Crippen molar-refractivity contribution in [1.82, 2.24) is 15.2 Å². The lowest BCUT2D eigenvalue weighted by atomic mass is 10.1. The van der Waals surface area contributed by atoms with Gasteiger partial charge < -0.3 is 5.32 Å². The van der Waals surface area contributed by atoms with E-state index < -0.39 is 5.92 Å². The van der Waals surface area contributed by atoms with E-state index in [1.54, 1.807) is 0 Å². The topological polar surface area (TPSA) is 91.6 Å². The van der Waals surface area contributed by atoms with Crippen molar-refractivity contribution in [3.8, 4) is 6.07 Å². The van der Waals surface area contributed by atoms with Crippen molar-refractivity contribution in [1.29, 1.82) is 5.26 Å². The second-order valence-electron chi connectivity index (χ2n) is 5.36. The average molecular weight is 402 g/mol. The van der Waals surface area contributed by atoms with Gasteiger partial charge in [0.1, 0.15) is 5.01 Å². The van der Waals surface area contributed by atoms with Gasteiger partial charge in [0, 0.05) is 17.6 Å². The van der Waals surface area contributed by atoms with Crippen LogP contribution >= 0.6 is 34.4 Å². The van der Waals surface area contributed by atoms with Gasteiger partial charge in [0.05, 0.1) is 11.8 Å². The lowest BCUT2D eigenvalue weighted by Crippen LogP contribution is -2.13. The highest BCUT2D eigenvalue weighted by atomic mass is 32.2. The van der Waals surface area contributed by atoms with Crippen molar-refractivity contribution in [3.05, 3.63) is 52.0 Å². The Labute approximate surface area is 163 Å². The molecule has 0 unspecified atom stereocenters. The molecule has 0 aliphatic rings. The lowest BCUT2D eigenvalue weighted by Gasteiger charge is -2.03. The van der Waals surface area contributed by atoms with Gasteiger partial charge in [-0.1, -0.05) is 53.4 Å². The van der Waals surface area contributed by atoms with E-state index in [1.165, 1.54) is 34.4 Å².